The minimum Gasteiger partial charge on any atom is -0.472 e. The van der Waals surface area contributed by atoms with E-state index in [0.29, 0.717) is 18.1 Å². The summed E-state index contributed by atoms with van der Waals surface area (Å²) in [5, 5.41) is 7.49. The number of hydrogen-bond donors (Lipinski definition) is 2. The molecule has 0 spiro atoms. The number of hydrogen-bond acceptors (Lipinski definition) is 4. The number of pyridine rings is 1. The van der Waals surface area contributed by atoms with Crippen LogP contribution in [0.1, 0.15) is 18.1 Å². The summed E-state index contributed by atoms with van der Waals surface area (Å²) in [6.07, 6.45) is 1.51. The molecule has 1 unspecified atom stereocenters. The number of nitrogen functional groups attached to an aromatic ring is 1. The maximum Gasteiger partial charge on any atom is 0.225 e. The van der Waals surface area contributed by atoms with Crippen molar-refractivity contribution >= 4 is 5.84 Å². The van der Waals surface area contributed by atoms with Crippen molar-refractivity contribution in [2.24, 2.45) is 5.73 Å². The van der Waals surface area contributed by atoms with Gasteiger partial charge in [0.25, 0.3) is 0 Å². The van der Waals surface area contributed by atoms with Gasteiger partial charge >= 0.3 is 0 Å². The molecule has 3 N–H and O–H groups in total. The molecule has 1 aromatic heterocycles. The molecule has 0 aromatic carbocycles. The molecule has 1 rings (SSSR count). The minimum absolute atomic E-state index is 0.0368. The Hall–Kier alpha value is -1.62. The van der Waals surface area contributed by atoms with Gasteiger partial charge in [0.15, 0.2) is 0 Å². The number of amidine groups is 1. The van der Waals surface area contributed by atoms with Crippen molar-refractivity contribution in [1.29, 1.82) is 5.41 Å². The van der Waals surface area contributed by atoms with Gasteiger partial charge in [0.1, 0.15) is 11.9 Å². The molecule has 16 heavy (non-hydrogen) atoms. The number of nitrogens with zero attached hydrogens (tertiary/aromatic N) is 1. The lowest BCUT2D eigenvalue weighted by Gasteiger charge is -2.16. The third-order valence-corrected chi connectivity index (χ3v) is 2.11. The molecule has 0 saturated carbocycles. The Bertz CT molecular complexity index is 379. The second kappa shape index (κ2) is 5.46. The molecule has 0 fully saturated rings. The summed E-state index contributed by atoms with van der Waals surface area (Å²) in [5.41, 5.74) is 6.92. The van der Waals surface area contributed by atoms with Crippen LogP contribution in [0.4, 0.5) is 0 Å². The molecule has 1 aromatic rings. The summed E-state index contributed by atoms with van der Waals surface area (Å²) in [4.78, 5) is 4.08. The predicted octanol–water partition coefficient (Wildman–Crippen LogP) is 1.09. The van der Waals surface area contributed by atoms with Crippen LogP contribution in [0, 0.1) is 12.3 Å². The van der Waals surface area contributed by atoms with Crippen LogP contribution in [0.5, 0.6) is 5.88 Å². The van der Waals surface area contributed by atoms with Crippen LogP contribution in [-0.2, 0) is 4.74 Å². The van der Waals surface area contributed by atoms with Crippen LogP contribution in [0.2, 0.25) is 0 Å². The minimum atomic E-state index is -0.127. The van der Waals surface area contributed by atoms with Crippen LogP contribution in [0.25, 0.3) is 0 Å². The van der Waals surface area contributed by atoms with Crippen LogP contribution in [0.3, 0.4) is 0 Å². The zero-order chi connectivity index (χ0) is 12.1. The fourth-order valence-electron chi connectivity index (χ4n) is 1.41. The van der Waals surface area contributed by atoms with Gasteiger partial charge in [-0.15, -0.1) is 0 Å². The van der Waals surface area contributed by atoms with Crippen molar-refractivity contribution in [2.45, 2.75) is 20.0 Å². The largest absolute Gasteiger partial charge is 0.472 e. The highest BCUT2D eigenvalue weighted by molar-refractivity contribution is 5.98. The first kappa shape index (κ1) is 12.4. The lowest BCUT2D eigenvalue weighted by Crippen LogP contribution is -2.22. The molecule has 0 radical (unpaired) electrons. The molecule has 0 aliphatic rings. The molecule has 5 nitrogen and oxygen atoms in total. The molecule has 1 atom stereocenters. The number of aryl methyl sites for hydroxylation is 1. The lowest BCUT2D eigenvalue weighted by molar-refractivity contribution is 0.0888. The molecular weight excluding hydrogens is 206 g/mol. The Kier molecular flexibility index (Phi) is 4.25. The van der Waals surface area contributed by atoms with Gasteiger partial charge in [0.05, 0.1) is 12.2 Å². The fraction of sp³-hybridized carbons (Fsp3) is 0.455. The van der Waals surface area contributed by atoms with E-state index >= 15 is 0 Å². The van der Waals surface area contributed by atoms with Gasteiger partial charge in [-0.1, -0.05) is 0 Å². The van der Waals surface area contributed by atoms with Crippen molar-refractivity contribution < 1.29 is 9.47 Å². The van der Waals surface area contributed by atoms with E-state index in [9.17, 15) is 0 Å². The second-order valence-corrected chi connectivity index (χ2v) is 3.61. The Morgan fingerprint density at radius 1 is 1.62 bits per heavy atom. The van der Waals surface area contributed by atoms with Crippen molar-refractivity contribution in [3.05, 3.63) is 23.4 Å². The number of nitrogens with two attached hydrogens (primary N) is 1. The normalized spacial score (nSPS) is 12.2. The summed E-state index contributed by atoms with van der Waals surface area (Å²) in [6, 6.07) is 1.80. The standard InChI is InChI=1S/C11H17N3O2/c1-7-4-5-14-11(9(7)10(12)13)16-8(2)6-15-3/h4-5,8H,6H2,1-3H3,(H3,12,13). The molecule has 0 amide bonds. The number of ether oxygens (including phenoxy) is 2. The predicted molar refractivity (Wildman–Crippen MR) is 62.0 cm³/mol. The molecule has 88 valence electrons. The van der Waals surface area contributed by atoms with Crippen LogP contribution < -0.4 is 10.5 Å². The number of nitrogens with one attached hydrogen (secondary N) is 1. The summed E-state index contributed by atoms with van der Waals surface area (Å²) >= 11 is 0. The molecule has 0 aliphatic heterocycles. The van der Waals surface area contributed by atoms with Gasteiger partial charge in [0, 0.05) is 13.3 Å². The lowest BCUT2D eigenvalue weighted by atomic mass is 10.1. The first-order valence-corrected chi connectivity index (χ1v) is 5.01. The van der Waals surface area contributed by atoms with Gasteiger partial charge in [-0.05, 0) is 25.5 Å². The Morgan fingerprint density at radius 3 is 2.88 bits per heavy atom. The number of aromatic nitrogens is 1. The molecule has 5 heteroatoms. The molecule has 0 bridgehead atoms. The molecule has 0 saturated heterocycles. The Balaban J connectivity index is 2.95. The van der Waals surface area contributed by atoms with Crippen molar-refractivity contribution in [1.82, 2.24) is 4.98 Å². The van der Waals surface area contributed by atoms with Crippen LogP contribution in [-0.4, -0.2) is 30.6 Å². The maximum atomic E-state index is 7.49. The third-order valence-electron chi connectivity index (χ3n) is 2.11. The first-order chi connectivity index (χ1) is 7.56. The van der Waals surface area contributed by atoms with Crippen molar-refractivity contribution in [3.8, 4) is 5.88 Å². The van der Waals surface area contributed by atoms with Gasteiger partial charge in [-0.2, -0.15) is 0 Å². The van der Waals surface area contributed by atoms with E-state index < -0.39 is 0 Å². The van der Waals surface area contributed by atoms with Gasteiger partial charge in [-0.25, -0.2) is 4.98 Å². The van der Waals surface area contributed by atoms with E-state index in [-0.39, 0.29) is 11.9 Å². The van der Waals surface area contributed by atoms with Crippen LogP contribution in [0.15, 0.2) is 12.3 Å². The molecule has 0 aliphatic carbocycles. The topological polar surface area (TPSA) is 81.2 Å². The highest BCUT2D eigenvalue weighted by Crippen LogP contribution is 2.19. The maximum absolute atomic E-state index is 7.49. The number of methoxy groups -OCH3 is 1. The average molecular weight is 223 g/mol. The van der Waals surface area contributed by atoms with E-state index in [2.05, 4.69) is 4.98 Å². The monoisotopic (exact) mass is 223 g/mol. The summed E-state index contributed by atoms with van der Waals surface area (Å²) < 4.78 is 10.5. The van der Waals surface area contributed by atoms with E-state index in [1.54, 1.807) is 19.4 Å². The van der Waals surface area contributed by atoms with Crippen molar-refractivity contribution in [2.75, 3.05) is 13.7 Å². The number of rotatable bonds is 5. The Morgan fingerprint density at radius 2 is 2.31 bits per heavy atom. The zero-order valence-corrected chi connectivity index (χ0v) is 9.78. The fourth-order valence-corrected chi connectivity index (χ4v) is 1.41. The highest BCUT2D eigenvalue weighted by Gasteiger charge is 2.13. The van der Waals surface area contributed by atoms with E-state index in [4.69, 9.17) is 20.6 Å². The SMILES string of the molecule is COCC(C)Oc1nccc(C)c1C(=N)N. The van der Waals surface area contributed by atoms with Gasteiger partial charge < -0.3 is 15.2 Å². The summed E-state index contributed by atoms with van der Waals surface area (Å²) in [5.74, 6) is 0.349. The summed E-state index contributed by atoms with van der Waals surface area (Å²) in [6.45, 7) is 4.21. The quantitative estimate of drug-likeness (QED) is 0.578. The third kappa shape index (κ3) is 2.93. The van der Waals surface area contributed by atoms with Gasteiger partial charge in [-0.3, -0.25) is 5.41 Å². The first-order valence-electron chi connectivity index (χ1n) is 5.01. The second-order valence-electron chi connectivity index (χ2n) is 3.61. The van der Waals surface area contributed by atoms with Crippen molar-refractivity contribution in [3.63, 3.8) is 0 Å². The van der Waals surface area contributed by atoms with E-state index in [1.165, 1.54) is 0 Å². The smallest absolute Gasteiger partial charge is 0.225 e. The Labute approximate surface area is 95.1 Å². The highest BCUT2D eigenvalue weighted by atomic mass is 16.5. The van der Waals surface area contributed by atoms with E-state index in [1.807, 2.05) is 13.8 Å². The molecule has 1 heterocycles. The zero-order valence-electron chi connectivity index (χ0n) is 9.78. The van der Waals surface area contributed by atoms with E-state index in [0.717, 1.165) is 5.56 Å². The summed E-state index contributed by atoms with van der Waals surface area (Å²) in [7, 11) is 1.61. The van der Waals surface area contributed by atoms with Gasteiger partial charge in [0.2, 0.25) is 5.88 Å². The molecular formula is C11H17N3O2. The van der Waals surface area contributed by atoms with Crippen LogP contribution >= 0.6 is 0 Å². The average Bonchev–Trinajstić information content (AvgIpc) is 2.17.